The van der Waals surface area contributed by atoms with Crippen molar-refractivity contribution < 1.29 is 13.6 Å². The Morgan fingerprint density at radius 2 is 1.81 bits per heavy atom. The summed E-state index contributed by atoms with van der Waals surface area (Å²) >= 11 is 0. The van der Waals surface area contributed by atoms with Crippen molar-refractivity contribution in [3.63, 3.8) is 0 Å². The van der Waals surface area contributed by atoms with Crippen molar-refractivity contribution in [1.29, 1.82) is 0 Å². The number of hydrogen-bond acceptors (Lipinski definition) is 3. The maximum Gasteiger partial charge on any atom is 0.255 e. The summed E-state index contributed by atoms with van der Waals surface area (Å²) in [5.41, 5.74) is 1.22. The molecule has 2 aromatic rings. The van der Waals surface area contributed by atoms with Gasteiger partial charge in [-0.3, -0.25) is 14.7 Å². The first-order valence-corrected chi connectivity index (χ1v) is 9.53. The van der Waals surface area contributed by atoms with Crippen molar-refractivity contribution in [3.8, 4) is 0 Å². The lowest BCUT2D eigenvalue weighted by molar-refractivity contribution is -0.00344. The molecular formula is C21H21F2N3O. The first-order chi connectivity index (χ1) is 13.1. The average molecular weight is 369 g/mol. The van der Waals surface area contributed by atoms with Crippen LogP contribution in [0.4, 0.5) is 8.78 Å². The standard InChI is InChI=1S/C21H21F2N3O/c22-16-8-15(9-17(23)10-16)18-12-26(21(27)14-2-1-5-24-11-14)19-13-3-6-25(7-4-13)20(18)19/h1-2,5,8-11,13,18-20H,3-4,6-7,12H2/t18-,19-,20-/m1/s1. The van der Waals surface area contributed by atoms with Crippen LogP contribution in [0.15, 0.2) is 42.7 Å². The van der Waals surface area contributed by atoms with Crippen LogP contribution in [0.3, 0.4) is 0 Å². The summed E-state index contributed by atoms with van der Waals surface area (Å²) in [6.45, 7) is 2.48. The summed E-state index contributed by atoms with van der Waals surface area (Å²) in [6, 6.07) is 7.51. The first-order valence-electron chi connectivity index (χ1n) is 9.53. The monoisotopic (exact) mass is 369 g/mol. The molecule has 4 aliphatic rings. The summed E-state index contributed by atoms with van der Waals surface area (Å²) in [4.78, 5) is 21.6. The third-order valence-electron chi connectivity index (χ3n) is 6.48. The maximum atomic E-state index is 13.9. The highest BCUT2D eigenvalue weighted by atomic mass is 19.1. The fourth-order valence-electron chi connectivity index (χ4n) is 5.39. The molecule has 0 saturated carbocycles. The Morgan fingerprint density at radius 3 is 2.48 bits per heavy atom. The number of halogens is 2. The molecule has 27 heavy (non-hydrogen) atoms. The molecule has 3 atom stereocenters. The summed E-state index contributed by atoms with van der Waals surface area (Å²) in [5.74, 6) is -0.789. The molecule has 4 saturated heterocycles. The van der Waals surface area contributed by atoms with E-state index >= 15 is 0 Å². The number of likely N-dealkylation sites (tertiary alicyclic amines) is 1. The third kappa shape index (κ3) is 2.74. The van der Waals surface area contributed by atoms with Gasteiger partial charge in [-0.05, 0) is 61.7 Å². The summed E-state index contributed by atoms with van der Waals surface area (Å²) < 4.78 is 27.7. The van der Waals surface area contributed by atoms with E-state index in [0.717, 1.165) is 32.0 Å². The van der Waals surface area contributed by atoms with Gasteiger partial charge in [-0.2, -0.15) is 0 Å². The van der Waals surface area contributed by atoms with E-state index < -0.39 is 11.6 Å². The van der Waals surface area contributed by atoms with Crippen LogP contribution in [-0.2, 0) is 0 Å². The smallest absolute Gasteiger partial charge is 0.255 e. The van der Waals surface area contributed by atoms with Crippen molar-refractivity contribution >= 4 is 5.91 Å². The molecular weight excluding hydrogens is 348 g/mol. The van der Waals surface area contributed by atoms with Crippen LogP contribution in [0.2, 0.25) is 0 Å². The number of hydrogen-bond donors (Lipinski definition) is 0. The molecule has 1 aromatic heterocycles. The van der Waals surface area contributed by atoms with Crippen LogP contribution in [0, 0.1) is 17.6 Å². The zero-order valence-electron chi connectivity index (χ0n) is 14.9. The van der Waals surface area contributed by atoms with E-state index in [1.54, 1.807) is 24.5 Å². The van der Waals surface area contributed by atoms with E-state index in [4.69, 9.17) is 0 Å². The van der Waals surface area contributed by atoms with Gasteiger partial charge in [-0.1, -0.05) is 0 Å². The number of piperidine rings is 3. The molecule has 2 bridgehead atoms. The average Bonchev–Trinajstić information content (AvgIpc) is 3.11. The van der Waals surface area contributed by atoms with Gasteiger partial charge in [0.25, 0.3) is 5.91 Å². The normalized spacial score (nSPS) is 31.8. The van der Waals surface area contributed by atoms with Crippen LogP contribution in [-0.4, -0.2) is 52.4 Å². The molecule has 6 rings (SSSR count). The number of carbonyl (C=O) groups excluding carboxylic acids is 1. The van der Waals surface area contributed by atoms with Gasteiger partial charge < -0.3 is 4.90 Å². The zero-order valence-corrected chi connectivity index (χ0v) is 14.9. The number of fused-ring (bicyclic) bond motifs is 2. The molecule has 0 spiro atoms. The SMILES string of the molecule is O=C(c1cccnc1)N1C[C@H](c2cc(F)cc(F)c2)[C@@H]2[C@H]1C1CCN2CC1. The summed E-state index contributed by atoms with van der Waals surface area (Å²) in [7, 11) is 0. The molecule has 5 heterocycles. The molecule has 4 fully saturated rings. The number of amides is 1. The van der Waals surface area contributed by atoms with Gasteiger partial charge >= 0.3 is 0 Å². The molecule has 1 aromatic carbocycles. The Hall–Kier alpha value is -2.34. The van der Waals surface area contributed by atoms with E-state index in [1.807, 2.05) is 4.90 Å². The minimum absolute atomic E-state index is 0.0359. The van der Waals surface area contributed by atoms with Crippen LogP contribution < -0.4 is 0 Å². The van der Waals surface area contributed by atoms with Crippen LogP contribution in [0.25, 0.3) is 0 Å². The Bertz CT molecular complexity index is 847. The molecule has 140 valence electrons. The number of pyridine rings is 1. The second kappa shape index (κ2) is 6.37. The predicted octanol–water partition coefficient (Wildman–Crippen LogP) is 3.06. The van der Waals surface area contributed by atoms with E-state index in [9.17, 15) is 13.6 Å². The van der Waals surface area contributed by atoms with Gasteiger partial charge in [0.2, 0.25) is 0 Å². The van der Waals surface area contributed by atoms with E-state index in [1.165, 1.54) is 12.1 Å². The fourth-order valence-corrected chi connectivity index (χ4v) is 5.39. The summed E-state index contributed by atoms with van der Waals surface area (Å²) in [6.07, 6.45) is 5.38. The van der Waals surface area contributed by atoms with Crippen molar-refractivity contribution in [3.05, 3.63) is 65.5 Å². The van der Waals surface area contributed by atoms with E-state index in [0.29, 0.717) is 23.6 Å². The van der Waals surface area contributed by atoms with Gasteiger partial charge in [0.1, 0.15) is 11.6 Å². The summed E-state index contributed by atoms with van der Waals surface area (Å²) in [5, 5.41) is 0. The van der Waals surface area contributed by atoms with Gasteiger partial charge in [-0.15, -0.1) is 0 Å². The highest BCUT2D eigenvalue weighted by Gasteiger charge is 2.54. The van der Waals surface area contributed by atoms with Crippen molar-refractivity contribution in [2.75, 3.05) is 19.6 Å². The highest BCUT2D eigenvalue weighted by Crippen LogP contribution is 2.47. The Balaban J connectivity index is 1.55. The van der Waals surface area contributed by atoms with Crippen molar-refractivity contribution in [2.45, 2.75) is 30.8 Å². The van der Waals surface area contributed by atoms with Crippen molar-refractivity contribution in [1.82, 2.24) is 14.8 Å². The molecule has 4 aliphatic heterocycles. The molecule has 1 amide bonds. The van der Waals surface area contributed by atoms with Gasteiger partial charge in [0, 0.05) is 37.0 Å². The largest absolute Gasteiger partial charge is 0.333 e. The predicted molar refractivity (Wildman–Crippen MR) is 96.2 cm³/mol. The number of carbonyl (C=O) groups is 1. The zero-order chi connectivity index (χ0) is 18.5. The Morgan fingerprint density at radius 1 is 1.07 bits per heavy atom. The second-order valence-electron chi connectivity index (χ2n) is 7.86. The fraction of sp³-hybridized carbons (Fsp3) is 0.429. The van der Waals surface area contributed by atoms with Gasteiger partial charge in [-0.25, -0.2) is 8.78 Å². The molecule has 0 unspecified atom stereocenters. The molecule has 0 N–H and O–H groups in total. The lowest BCUT2D eigenvalue weighted by Crippen LogP contribution is -2.60. The topological polar surface area (TPSA) is 36.4 Å². The van der Waals surface area contributed by atoms with Crippen LogP contribution >= 0.6 is 0 Å². The Kier molecular flexibility index (Phi) is 3.97. The molecule has 0 aliphatic carbocycles. The number of benzene rings is 1. The third-order valence-corrected chi connectivity index (χ3v) is 6.48. The van der Waals surface area contributed by atoms with Crippen molar-refractivity contribution in [2.24, 2.45) is 5.92 Å². The van der Waals surface area contributed by atoms with Gasteiger partial charge in [0.05, 0.1) is 11.6 Å². The molecule has 6 heteroatoms. The highest BCUT2D eigenvalue weighted by molar-refractivity contribution is 5.94. The quantitative estimate of drug-likeness (QED) is 0.816. The second-order valence-corrected chi connectivity index (χ2v) is 7.86. The van der Waals surface area contributed by atoms with E-state index in [-0.39, 0.29) is 23.9 Å². The number of rotatable bonds is 2. The number of aromatic nitrogens is 1. The van der Waals surface area contributed by atoms with Crippen LogP contribution in [0.5, 0.6) is 0 Å². The van der Waals surface area contributed by atoms with E-state index in [2.05, 4.69) is 9.88 Å². The lowest BCUT2D eigenvalue weighted by Gasteiger charge is -2.51. The maximum absolute atomic E-state index is 13.9. The minimum Gasteiger partial charge on any atom is -0.333 e. The van der Waals surface area contributed by atoms with Crippen LogP contribution in [0.1, 0.15) is 34.7 Å². The Labute approximate surface area is 156 Å². The lowest BCUT2D eigenvalue weighted by atomic mass is 9.75. The molecule has 4 nitrogen and oxygen atoms in total. The first kappa shape index (κ1) is 16.8. The molecule has 0 radical (unpaired) electrons. The number of nitrogens with zero attached hydrogens (tertiary/aromatic N) is 3. The minimum atomic E-state index is -0.561. The van der Waals surface area contributed by atoms with Gasteiger partial charge in [0.15, 0.2) is 0 Å².